The van der Waals surface area contributed by atoms with Crippen LogP contribution < -0.4 is 21.1 Å². The first-order valence-corrected chi connectivity index (χ1v) is 15.0. The quantitative estimate of drug-likeness (QED) is 0.152. The zero-order valence-corrected chi connectivity index (χ0v) is 24.7. The van der Waals surface area contributed by atoms with Crippen molar-refractivity contribution in [3.63, 3.8) is 0 Å². The summed E-state index contributed by atoms with van der Waals surface area (Å²) in [4.78, 5) is 26.3. The van der Waals surface area contributed by atoms with E-state index < -0.39 is 5.41 Å². The molecule has 1 aliphatic rings. The largest absolute Gasteiger partial charge is 0.474 e. The second-order valence-corrected chi connectivity index (χ2v) is 13.1. The van der Waals surface area contributed by atoms with Crippen molar-refractivity contribution in [3.8, 4) is 5.88 Å². The maximum atomic E-state index is 13.1. The molecule has 3 unspecified atom stereocenters. The van der Waals surface area contributed by atoms with Gasteiger partial charge in [-0.2, -0.15) is 0 Å². The van der Waals surface area contributed by atoms with Crippen LogP contribution in [0.4, 0.5) is 0 Å². The van der Waals surface area contributed by atoms with Gasteiger partial charge < -0.3 is 25.6 Å². The third kappa shape index (κ3) is 10.5. The van der Waals surface area contributed by atoms with Crippen molar-refractivity contribution in [3.05, 3.63) is 5.76 Å². The molecule has 0 radical (unpaired) electrons. The lowest BCUT2D eigenvalue weighted by atomic mass is 9.87. The first-order chi connectivity index (χ1) is 17.6. The number of nitrogens with zero attached hydrogens (tertiary/aromatic N) is 1. The minimum atomic E-state index is -0.779. The van der Waals surface area contributed by atoms with Gasteiger partial charge >= 0.3 is 0 Å². The van der Waals surface area contributed by atoms with Gasteiger partial charge in [0.1, 0.15) is 11.5 Å². The SMILES string of the molecule is CCC1CCCCC(CCC(C)NC(=O)c2onc(OCC(C)(C)C(=O)NCCCN)c2SC(C)C)C1. The van der Waals surface area contributed by atoms with E-state index in [9.17, 15) is 9.59 Å². The van der Waals surface area contributed by atoms with E-state index in [0.717, 1.165) is 31.1 Å². The molecule has 9 heteroatoms. The molecule has 4 N–H and O–H groups in total. The summed E-state index contributed by atoms with van der Waals surface area (Å²) in [5.41, 5.74) is 4.73. The van der Waals surface area contributed by atoms with Crippen LogP contribution in [0.3, 0.4) is 0 Å². The molecular formula is C28H50N4O4S. The van der Waals surface area contributed by atoms with E-state index in [1.165, 1.54) is 50.3 Å². The van der Waals surface area contributed by atoms with E-state index in [0.29, 0.717) is 18.0 Å². The number of carbonyl (C=O) groups is 2. The standard InChI is InChI=1S/C28H50N4O4S/c1-7-21-11-8-9-12-22(17-21)14-13-20(4)31-25(33)23-24(37-19(2)3)26(32-36-23)35-18-28(5,6)27(34)30-16-10-15-29/h19-22H,7-18,29H2,1-6H3,(H,30,34)(H,31,33). The molecule has 0 spiro atoms. The van der Waals surface area contributed by atoms with Crippen molar-refractivity contribution in [2.75, 3.05) is 19.7 Å². The lowest BCUT2D eigenvalue weighted by Gasteiger charge is -2.23. The van der Waals surface area contributed by atoms with Crippen molar-refractivity contribution in [1.29, 1.82) is 0 Å². The zero-order chi connectivity index (χ0) is 27.4. The van der Waals surface area contributed by atoms with Crippen molar-refractivity contribution in [2.45, 2.75) is 116 Å². The van der Waals surface area contributed by atoms with Crippen molar-refractivity contribution in [2.24, 2.45) is 23.0 Å². The Morgan fingerprint density at radius 1 is 1.22 bits per heavy atom. The van der Waals surface area contributed by atoms with Crippen molar-refractivity contribution in [1.82, 2.24) is 15.8 Å². The van der Waals surface area contributed by atoms with Crippen LogP contribution in [0.5, 0.6) is 5.88 Å². The lowest BCUT2D eigenvalue weighted by Crippen LogP contribution is -2.41. The molecule has 1 aromatic heterocycles. The molecule has 1 aromatic rings. The van der Waals surface area contributed by atoms with E-state index in [4.69, 9.17) is 15.0 Å². The summed E-state index contributed by atoms with van der Waals surface area (Å²) in [6.07, 6.45) is 10.7. The van der Waals surface area contributed by atoms with Gasteiger partial charge in [-0.15, -0.1) is 11.8 Å². The van der Waals surface area contributed by atoms with Gasteiger partial charge in [-0.25, -0.2) is 0 Å². The second-order valence-electron chi connectivity index (χ2n) is 11.5. The Morgan fingerprint density at radius 3 is 2.57 bits per heavy atom. The molecule has 37 heavy (non-hydrogen) atoms. The Hall–Kier alpha value is -1.74. The maximum Gasteiger partial charge on any atom is 0.291 e. The molecule has 0 bridgehead atoms. The van der Waals surface area contributed by atoms with Crippen LogP contribution in [0.2, 0.25) is 0 Å². The van der Waals surface area contributed by atoms with Crippen LogP contribution in [0.1, 0.15) is 110 Å². The minimum Gasteiger partial charge on any atom is -0.474 e. The predicted octanol–water partition coefficient (Wildman–Crippen LogP) is 5.55. The molecule has 0 saturated heterocycles. The highest BCUT2D eigenvalue weighted by Crippen LogP contribution is 2.36. The molecule has 2 amide bonds. The second kappa shape index (κ2) is 15.6. The highest BCUT2D eigenvalue weighted by molar-refractivity contribution is 8.00. The van der Waals surface area contributed by atoms with Crippen LogP contribution in [-0.2, 0) is 4.79 Å². The third-order valence-electron chi connectivity index (χ3n) is 7.14. The highest BCUT2D eigenvalue weighted by Gasteiger charge is 2.31. The van der Waals surface area contributed by atoms with Crippen LogP contribution >= 0.6 is 11.8 Å². The average molecular weight is 539 g/mol. The molecule has 3 atom stereocenters. The molecule has 1 aliphatic carbocycles. The first kappa shape index (κ1) is 31.5. The van der Waals surface area contributed by atoms with Crippen molar-refractivity contribution >= 4 is 23.6 Å². The van der Waals surface area contributed by atoms with E-state index in [1.54, 1.807) is 0 Å². The van der Waals surface area contributed by atoms with Crippen LogP contribution in [0.25, 0.3) is 0 Å². The number of hydrogen-bond acceptors (Lipinski definition) is 7. The van der Waals surface area contributed by atoms with Gasteiger partial charge in [-0.05, 0) is 70.0 Å². The minimum absolute atomic E-state index is 0.0401. The van der Waals surface area contributed by atoms with Gasteiger partial charge in [0, 0.05) is 17.8 Å². The normalized spacial score (nSPS) is 19.4. The number of ether oxygens (including phenoxy) is 1. The summed E-state index contributed by atoms with van der Waals surface area (Å²) < 4.78 is 11.4. The van der Waals surface area contributed by atoms with Gasteiger partial charge in [0.15, 0.2) is 0 Å². The Morgan fingerprint density at radius 2 is 1.92 bits per heavy atom. The molecule has 0 aromatic carbocycles. The smallest absolute Gasteiger partial charge is 0.291 e. The van der Waals surface area contributed by atoms with E-state index in [2.05, 4.69) is 29.6 Å². The highest BCUT2D eigenvalue weighted by atomic mass is 32.2. The molecule has 0 aliphatic heterocycles. The summed E-state index contributed by atoms with van der Waals surface area (Å²) in [5.74, 6) is 1.63. The average Bonchev–Trinajstić information content (AvgIpc) is 3.08. The number of rotatable bonds is 15. The number of hydrogen-bond donors (Lipinski definition) is 3. The Labute approximate surface area is 228 Å². The molecule has 212 valence electrons. The molecule has 1 fully saturated rings. The molecule has 1 heterocycles. The summed E-state index contributed by atoms with van der Waals surface area (Å²) in [6.45, 7) is 13.2. The van der Waals surface area contributed by atoms with Gasteiger partial charge in [-0.1, -0.05) is 52.9 Å². The summed E-state index contributed by atoms with van der Waals surface area (Å²) in [6, 6.07) is 0.0401. The van der Waals surface area contributed by atoms with Gasteiger partial charge in [0.2, 0.25) is 11.7 Å². The number of nitrogens with one attached hydrogen (secondary N) is 2. The van der Waals surface area contributed by atoms with E-state index >= 15 is 0 Å². The zero-order valence-electron chi connectivity index (χ0n) is 23.9. The Bertz CT molecular complexity index is 842. The first-order valence-electron chi connectivity index (χ1n) is 14.2. The fourth-order valence-electron chi connectivity index (χ4n) is 4.75. The number of aromatic nitrogens is 1. The van der Waals surface area contributed by atoms with Crippen LogP contribution in [0, 0.1) is 17.3 Å². The molecule has 2 rings (SSSR count). The van der Waals surface area contributed by atoms with E-state index in [1.807, 2.05) is 27.7 Å². The molecule has 8 nitrogen and oxygen atoms in total. The summed E-state index contributed by atoms with van der Waals surface area (Å²) in [5, 5.41) is 10.2. The van der Waals surface area contributed by atoms with Crippen LogP contribution in [-0.4, -0.2) is 48.0 Å². The monoisotopic (exact) mass is 538 g/mol. The molecular weight excluding hydrogens is 488 g/mol. The number of thioether (sulfide) groups is 1. The fourth-order valence-corrected chi connectivity index (χ4v) is 5.66. The number of carbonyl (C=O) groups excluding carboxylic acids is 2. The van der Waals surface area contributed by atoms with Gasteiger partial charge in [0.25, 0.3) is 11.8 Å². The lowest BCUT2D eigenvalue weighted by molar-refractivity contribution is -0.130. The number of nitrogens with two attached hydrogens (primary N) is 1. The Kier molecular flexibility index (Phi) is 13.3. The number of amides is 2. The predicted molar refractivity (Wildman–Crippen MR) is 150 cm³/mol. The van der Waals surface area contributed by atoms with Gasteiger partial charge in [-0.3, -0.25) is 9.59 Å². The fraction of sp³-hybridized carbons (Fsp3) is 0.821. The Balaban J connectivity index is 1.98. The van der Waals surface area contributed by atoms with Crippen molar-refractivity contribution < 1.29 is 18.8 Å². The molecule has 1 saturated carbocycles. The topological polar surface area (TPSA) is 119 Å². The van der Waals surface area contributed by atoms with Gasteiger partial charge in [0.05, 0.1) is 5.41 Å². The van der Waals surface area contributed by atoms with E-state index in [-0.39, 0.29) is 41.4 Å². The maximum absolute atomic E-state index is 13.1. The third-order valence-corrected chi connectivity index (χ3v) is 8.20. The summed E-state index contributed by atoms with van der Waals surface area (Å²) >= 11 is 1.47. The van der Waals surface area contributed by atoms with Crippen LogP contribution in [0.15, 0.2) is 9.42 Å². The summed E-state index contributed by atoms with van der Waals surface area (Å²) in [7, 11) is 0.